The number of anilines is 2. The van der Waals surface area contributed by atoms with Gasteiger partial charge in [0.25, 0.3) is 5.91 Å². The molecule has 2 heterocycles. The second kappa shape index (κ2) is 8.16. The summed E-state index contributed by atoms with van der Waals surface area (Å²) in [7, 11) is -0.915. The van der Waals surface area contributed by atoms with E-state index in [-0.39, 0.29) is 23.5 Å². The second-order valence-corrected chi connectivity index (χ2v) is 10.0. The van der Waals surface area contributed by atoms with Gasteiger partial charge in [-0.15, -0.1) is 0 Å². The Hall–Kier alpha value is -2.38. The van der Waals surface area contributed by atoms with Crippen LogP contribution in [0.1, 0.15) is 16.8 Å². The van der Waals surface area contributed by atoms with Crippen LogP contribution < -0.4 is 4.90 Å². The Kier molecular flexibility index (Phi) is 5.61. The van der Waals surface area contributed by atoms with Gasteiger partial charge in [0.15, 0.2) is 9.84 Å². The lowest BCUT2D eigenvalue weighted by molar-refractivity contribution is 0.0588. The molecule has 29 heavy (non-hydrogen) atoms. The third-order valence-electron chi connectivity index (χ3n) is 5.97. The van der Waals surface area contributed by atoms with Crippen LogP contribution in [0.2, 0.25) is 0 Å². The molecule has 0 aliphatic carbocycles. The lowest BCUT2D eigenvalue weighted by atomic mass is 10.1. The maximum absolute atomic E-state index is 13.3. The van der Waals surface area contributed by atoms with Gasteiger partial charge in [-0.1, -0.05) is 30.3 Å². The fraction of sp³-hybridized carbons (Fsp3) is 0.409. The summed E-state index contributed by atoms with van der Waals surface area (Å²) in [6.45, 7) is 2.70. The first-order valence-corrected chi connectivity index (χ1v) is 11.9. The molecule has 0 aromatic heterocycles. The third kappa shape index (κ3) is 4.31. The highest BCUT2D eigenvalue weighted by molar-refractivity contribution is 7.91. The van der Waals surface area contributed by atoms with Crippen molar-refractivity contribution in [2.24, 2.45) is 0 Å². The van der Waals surface area contributed by atoms with Gasteiger partial charge in [-0.05, 0) is 30.7 Å². The van der Waals surface area contributed by atoms with Gasteiger partial charge in [-0.2, -0.15) is 0 Å². The molecule has 154 valence electrons. The largest absolute Gasteiger partial charge is 0.344 e. The highest BCUT2D eigenvalue weighted by atomic mass is 32.2. The summed E-state index contributed by atoms with van der Waals surface area (Å²) in [6.07, 6.45) is 0.709. The highest BCUT2D eigenvalue weighted by Gasteiger charge is 2.34. The van der Waals surface area contributed by atoms with E-state index in [2.05, 4.69) is 4.90 Å². The summed E-state index contributed by atoms with van der Waals surface area (Å²) < 4.78 is 23.5. The number of benzene rings is 2. The van der Waals surface area contributed by atoms with E-state index < -0.39 is 9.84 Å². The molecule has 2 aromatic rings. The predicted octanol–water partition coefficient (Wildman–Crippen LogP) is 2.40. The zero-order valence-corrected chi connectivity index (χ0v) is 17.5. The summed E-state index contributed by atoms with van der Waals surface area (Å²) >= 11 is 0. The average Bonchev–Trinajstić information content (AvgIpc) is 3.13. The molecule has 4 rings (SSSR count). The molecular formula is C22H27N3O3S. The SMILES string of the molecule is CN(c1ccccc1)c1ccccc1C(=O)N1CCN(C2CCS(=O)(=O)C2)CC1. The summed E-state index contributed by atoms with van der Waals surface area (Å²) in [4.78, 5) is 19.4. The molecule has 0 radical (unpaired) electrons. The molecule has 6 nitrogen and oxygen atoms in total. The molecule has 0 N–H and O–H groups in total. The minimum atomic E-state index is -2.89. The monoisotopic (exact) mass is 413 g/mol. The Morgan fingerprint density at radius 2 is 1.62 bits per heavy atom. The van der Waals surface area contributed by atoms with Crippen molar-refractivity contribution in [2.75, 3.05) is 49.6 Å². The number of hydrogen-bond donors (Lipinski definition) is 0. The summed E-state index contributed by atoms with van der Waals surface area (Å²) in [5, 5.41) is 0. The van der Waals surface area contributed by atoms with Crippen molar-refractivity contribution in [1.82, 2.24) is 9.80 Å². The minimum absolute atomic E-state index is 0.0297. The second-order valence-electron chi connectivity index (χ2n) is 7.80. The van der Waals surface area contributed by atoms with Gasteiger partial charge in [0.1, 0.15) is 0 Å². The van der Waals surface area contributed by atoms with Gasteiger partial charge in [0.2, 0.25) is 0 Å². The van der Waals surface area contributed by atoms with Crippen LogP contribution in [0, 0.1) is 0 Å². The first-order chi connectivity index (χ1) is 13.9. The Labute approximate surface area is 172 Å². The van der Waals surface area contributed by atoms with Crippen molar-refractivity contribution in [1.29, 1.82) is 0 Å². The topological polar surface area (TPSA) is 60.9 Å². The molecule has 0 bridgehead atoms. The Morgan fingerprint density at radius 1 is 0.966 bits per heavy atom. The number of amides is 1. The fourth-order valence-corrected chi connectivity index (χ4v) is 6.02. The van der Waals surface area contributed by atoms with E-state index >= 15 is 0 Å². The third-order valence-corrected chi connectivity index (χ3v) is 7.72. The van der Waals surface area contributed by atoms with E-state index in [1.807, 2.05) is 71.4 Å². The number of nitrogens with zero attached hydrogens (tertiary/aromatic N) is 3. The molecule has 1 atom stereocenters. The van der Waals surface area contributed by atoms with E-state index in [0.29, 0.717) is 25.1 Å². The van der Waals surface area contributed by atoms with E-state index in [1.165, 1.54) is 0 Å². The van der Waals surface area contributed by atoms with Crippen LogP contribution in [0.3, 0.4) is 0 Å². The van der Waals surface area contributed by atoms with Crippen LogP contribution in [0.15, 0.2) is 54.6 Å². The summed E-state index contributed by atoms with van der Waals surface area (Å²) in [5.41, 5.74) is 2.60. The number of carbonyl (C=O) groups is 1. The van der Waals surface area contributed by atoms with Gasteiger partial charge in [0, 0.05) is 45.0 Å². The van der Waals surface area contributed by atoms with Crippen molar-refractivity contribution in [3.05, 3.63) is 60.2 Å². The molecule has 2 aliphatic rings. The Morgan fingerprint density at radius 3 is 2.28 bits per heavy atom. The Bertz CT molecular complexity index is 970. The van der Waals surface area contributed by atoms with Gasteiger partial charge >= 0.3 is 0 Å². The van der Waals surface area contributed by atoms with E-state index in [4.69, 9.17) is 0 Å². The van der Waals surface area contributed by atoms with E-state index in [0.717, 1.165) is 24.5 Å². The number of piperazine rings is 1. The van der Waals surface area contributed by atoms with Crippen molar-refractivity contribution in [3.63, 3.8) is 0 Å². The fourth-order valence-electron chi connectivity index (χ4n) is 4.26. The van der Waals surface area contributed by atoms with Gasteiger partial charge in [0.05, 0.1) is 22.8 Å². The van der Waals surface area contributed by atoms with Crippen molar-refractivity contribution in [2.45, 2.75) is 12.5 Å². The lowest BCUT2D eigenvalue weighted by Gasteiger charge is -2.38. The van der Waals surface area contributed by atoms with E-state index in [1.54, 1.807) is 0 Å². The molecule has 2 fully saturated rings. The predicted molar refractivity (Wildman–Crippen MR) is 115 cm³/mol. The molecule has 0 spiro atoms. The summed E-state index contributed by atoms with van der Waals surface area (Å²) in [6, 6.07) is 17.8. The maximum Gasteiger partial charge on any atom is 0.256 e. The van der Waals surface area contributed by atoms with Gasteiger partial charge < -0.3 is 9.80 Å². The lowest BCUT2D eigenvalue weighted by Crippen LogP contribution is -2.52. The van der Waals surface area contributed by atoms with Gasteiger partial charge in [-0.25, -0.2) is 8.42 Å². The van der Waals surface area contributed by atoms with Crippen molar-refractivity contribution < 1.29 is 13.2 Å². The minimum Gasteiger partial charge on any atom is -0.344 e. The highest BCUT2D eigenvalue weighted by Crippen LogP contribution is 2.28. The van der Waals surface area contributed by atoms with Crippen LogP contribution in [0.5, 0.6) is 0 Å². The smallest absolute Gasteiger partial charge is 0.256 e. The van der Waals surface area contributed by atoms with Crippen LogP contribution in [0.4, 0.5) is 11.4 Å². The van der Waals surface area contributed by atoms with Crippen molar-refractivity contribution in [3.8, 4) is 0 Å². The number of rotatable bonds is 4. The molecule has 2 saturated heterocycles. The molecular weight excluding hydrogens is 386 g/mol. The molecule has 2 aromatic carbocycles. The van der Waals surface area contributed by atoms with Crippen LogP contribution >= 0.6 is 0 Å². The number of hydrogen-bond acceptors (Lipinski definition) is 5. The van der Waals surface area contributed by atoms with Crippen LogP contribution in [0.25, 0.3) is 0 Å². The zero-order valence-electron chi connectivity index (χ0n) is 16.7. The zero-order chi connectivity index (χ0) is 20.4. The molecule has 7 heteroatoms. The average molecular weight is 414 g/mol. The first-order valence-electron chi connectivity index (χ1n) is 10.1. The first kappa shape index (κ1) is 19.9. The van der Waals surface area contributed by atoms with Gasteiger partial charge in [-0.3, -0.25) is 9.69 Å². The molecule has 1 unspecified atom stereocenters. The number of carbonyl (C=O) groups excluding carboxylic acids is 1. The summed E-state index contributed by atoms with van der Waals surface area (Å²) in [5.74, 6) is 0.573. The standard InChI is InChI=1S/C22H27N3O3S/c1-23(18-7-3-2-4-8-18)21-10-6-5-9-20(21)22(26)25-14-12-24(13-15-25)19-11-16-29(27,28)17-19/h2-10,19H,11-17H2,1H3. The molecule has 1 amide bonds. The van der Waals surface area contributed by atoms with E-state index in [9.17, 15) is 13.2 Å². The normalized spacial score (nSPS) is 21.8. The van der Waals surface area contributed by atoms with Crippen molar-refractivity contribution >= 4 is 27.1 Å². The molecule has 2 aliphatic heterocycles. The maximum atomic E-state index is 13.3. The van der Waals surface area contributed by atoms with Crippen LogP contribution in [-0.2, 0) is 9.84 Å². The molecule has 0 saturated carbocycles. The quantitative estimate of drug-likeness (QED) is 0.770. The van der Waals surface area contributed by atoms with Crippen LogP contribution in [-0.4, -0.2) is 74.9 Å². The number of sulfone groups is 1. The number of para-hydroxylation sites is 2. The Balaban J connectivity index is 1.46.